The molecule has 1 aromatic rings. The van der Waals surface area contributed by atoms with Gasteiger partial charge in [0, 0.05) is 35.0 Å². The fourth-order valence-electron chi connectivity index (χ4n) is 0.900. The summed E-state index contributed by atoms with van der Waals surface area (Å²) >= 11 is 0. The number of hydrogen-bond acceptors (Lipinski definition) is 3. The molecule has 5 nitrogen and oxygen atoms in total. The van der Waals surface area contributed by atoms with Gasteiger partial charge >= 0.3 is 0 Å². The van der Waals surface area contributed by atoms with Crippen molar-refractivity contribution >= 4 is 16.7 Å². The predicted molar refractivity (Wildman–Crippen MR) is 54.5 cm³/mol. The second kappa shape index (κ2) is 5.54. The van der Waals surface area contributed by atoms with Crippen LogP contribution in [0.4, 0.5) is 0 Å². The van der Waals surface area contributed by atoms with Gasteiger partial charge in [0.15, 0.2) is 0 Å². The fraction of sp³-hybridized carbons (Fsp3) is 0.500. The Hall–Kier alpha value is -1.17. The van der Waals surface area contributed by atoms with E-state index in [2.05, 4.69) is 15.5 Å². The van der Waals surface area contributed by atoms with E-state index in [1.54, 1.807) is 0 Å². The number of aromatic nitrogens is 2. The molecule has 0 aliphatic rings. The van der Waals surface area contributed by atoms with Crippen molar-refractivity contribution in [3.63, 3.8) is 0 Å². The molecule has 0 aliphatic heterocycles. The fourth-order valence-corrected chi connectivity index (χ4v) is 1.52. The highest BCUT2D eigenvalue weighted by Gasteiger charge is 2.05. The molecular weight excluding hydrogens is 202 g/mol. The minimum absolute atomic E-state index is 0.188. The number of amides is 1. The summed E-state index contributed by atoms with van der Waals surface area (Å²) in [5.74, 6) is 0.939. The van der Waals surface area contributed by atoms with Gasteiger partial charge in [-0.25, -0.2) is 0 Å². The van der Waals surface area contributed by atoms with Crippen LogP contribution in [0.1, 0.15) is 17.3 Å². The van der Waals surface area contributed by atoms with Crippen molar-refractivity contribution in [3.05, 3.63) is 18.0 Å². The highest BCUT2D eigenvalue weighted by Crippen LogP contribution is 1.92. The maximum absolute atomic E-state index is 11.3. The van der Waals surface area contributed by atoms with Crippen LogP contribution in [0, 0.1) is 0 Å². The Morgan fingerprint density at radius 2 is 2.50 bits per heavy atom. The SMILES string of the molecule is CCS(=O)CCNC(=O)c1cn[nH]c1. The van der Waals surface area contributed by atoms with Crippen molar-refractivity contribution in [2.45, 2.75) is 6.92 Å². The Labute approximate surface area is 84.7 Å². The molecule has 2 N–H and O–H groups in total. The van der Waals surface area contributed by atoms with Gasteiger partial charge in [-0.2, -0.15) is 5.10 Å². The quantitative estimate of drug-likeness (QED) is 0.720. The zero-order chi connectivity index (χ0) is 10.4. The van der Waals surface area contributed by atoms with Gasteiger partial charge in [-0.05, 0) is 0 Å². The van der Waals surface area contributed by atoms with E-state index in [1.807, 2.05) is 6.92 Å². The van der Waals surface area contributed by atoms with Gasteiger partial charge in [0.05, 0.1) is 11.8 Å². The van der Waals surface area contributed by atoms with Crippen molar-refractivity contribution in [3.8, 4) is 0 Å². The van der Waals surface area contributed by atoms with E-state index in [1.165, 1.54) is 12.4 Å². The summed E-state index contributed by atoms with van der Waals surface area (Å²) in [4.78, 5) is 11.3. The summed E-state index contributed by atoms with van der Waals surface area (Å²) < 4.78 is 11.0. The molecule has 0 aliphatic carbocycles. The summed E-state index contributed by atoms with van der Waals surface area (Å²) in [7, 11) is -0.828. The summed E-state index contributed by atoms with van der Waals surface area (Å²) in [5.41, 5.74) is 0.493. The molecule has 1 aromatic heterocycles. The van der Waals surface area contributed by atoms with Crippen LogP contribution in [0.2, 0.25) is 0 Å². The van der Waals surface area contributed by atoms with Crippen LogP contribution in [0.25, 0.3) is 0 Å². The molecule has 0 fully saturated rings. The van der Waals surface area contributed by atoms with Gasteiger partial charge in [-0.3, -0.25) is 14.1 Å². The van der Waals surface area contributed by atoms with Crippen molar-refractivity contribution in [2.75, 3.05) is 18.1 Å². The number of nitrogens with one attached hydrogen (secondary N) is 2. The summed E-state index contributed by atoms with van der Waals surface area (Å²) in [6.07, 6.45) is 2.97. The number of nitrogens with zero attached hydrogens (tertiary/aromatic N) is 1. The van der Waals surface area contributed by atoms with E-state index in [9.17, 15) is 9.00 Å². The average Bonchev–Trinajstić information content (AvgIpc) is 2.70. The van der Waals surface area contributed by atoms with Gasteiger partial charge in [-0.1, -0.05) is 6.92 Å². The van der Waals surface area contributed by atoms with Crippen molar-refractivity contribution < 1.29 is 9.00 Å². The molecule has 0 bridgehead atoms. The van der Waals surface area contributed by atoms with Crippen LogP contribution < -0.4 is 5.32 Å². The molecule has 0 aromatic carbocycles. The maximum Gasteiger partial charge on any atom is 0.254 e. The lowest BCUT2D eigenvalue weighted by Crippen LogP contribution is -2.27. The standard InChI is InChI=1S/C8H13N3O2S/c1-2-14(13)4-3-9-8(12)7-5-10-11-6-7/h5-6H,2-4H2,1H3,(H,9,12)(H,10,11). The van der Waals surface area contributed by atoms with Gasteiger partial charge in [0.25, 0.3) is 5.91 Å². The molecule has 1 heterocycles. The summed E-state index contributed by atoms with van der Waals surface area (Å²) in [5, 5.41) is 8.87. The lowest BCUT2D eigenvalue weighted by molar-refractivity contribution is 0.0956. The number of carbonyl (C=O) groups is 1. The second-order valence-corrected chi connectivity index (χ2v) is 4.54. The smallest absolute Gasteiger partial charge is 0.254 e. The monoisotopic (exact) mass is 215 g/mol. The molecular formula is C8H13N3O2S. The first-order valence-corrected chi connectivity index (χ1v) is 5.84. The highest BCUT2D eigenvalue weighted by atomic mass is 32.2. The summed E-state index contributed by atoms with van der Waals surface area (Å²) in [6.45, 7) is 2.29. The molecule has 6 heteroatoms. The van der Waals surface area contributed by atoms with Crippen molar-refractivity contribution in [1.29, 1.82) is 0 Å². The Bertz CT molecular complexity index is 310. The lowest BCUT2D eigenvalue weighted by Gasteiger charge is -2.01. The first kappa shape index (κ1) is 10.9. The molecule has 0 saturated carbocycles. The highest BCUT2D eigenvalue weighted by molar-refractivity contribution is 7.84. The molecule has 0 spiro atoms. The van der Waals surface area contributed by atoms with E-state index in [-0.39, 0.29) is 5.91 Å². The van der Waals surface area contributed by atoms with Crippen LogP contribution in [0.3, 0.4) is 0 Å². The number of hydrogen-bond donors (Lipinski definition) is 2. The largest absolute Gasteiger partial charge is 0.351 e. The molecule has 0 radical (unpaired) electrons. The summed E-state index contributed by atoms with van der Waals surface area (Å²) in [6, 6.07) is 0. The number of H-pyrrole nitrogens is 1. The number of rotatable bonds is 5. The zero-order valence-corrected chi connectivity index (χ0v) is 8.76. The van der Waals surface area contributed by atoms with E-state index in [0.29, 0.717) is 23.6 Å². The van der Waals surface area contributed by atoms with E-state index in [0.717, 1.165) is 0 Å². The zero-order valence-electron chi connectivity index (χ0n) is 7.95. The van der Waals surface area contributed by atoms with E-state index in [4.69, 9.17) is 0 Å². The van der Waals surface area contributed by atoms with Crippen molar-refractivity contribution in [1.82, 2.24) is 15.5 Å². The van der Waals surface area contributed by atoms with E-state index < -0.39 is 10.8 Å². The predicted octanol–water partition coefficient (Wildman–Crippen LogP) is -0.0919. The first-order valence-electron chi connectivity index (χ1n) is 4.36. The molecule has 1 amide bonds. The molecule has 14 heavy (non-hydrogen) atoms. The van der Waals surface area contributed by atoms with Crippen LogP contribution in [0.15, 0.2) is 12.4 Å². The molecule has 1 rings (SSSR count). The minimum atomic E-state index is -0.828. The van der Waals surface area contributed by atoms with E-state index >= 15 is 0 Å². The Balaban J connectivity index is 2.26. The Morgan fingerprint density at radius 1 is 1.71 bits per heavy atom. The van der Waals surface area contributed by atoms with Crippen LogP contribution >= 0.6 is 0 Å². The van der Waals surface area contributed by atoms with Crippen LogP contribution in [-0.4, -0.2) is 38.4 Å². The van der Waals surface area contributed by atoms with Gasteiger partial charge in [0.2, 0.25) is 0 Å². The normalized spacial score (nSPS) is 12.4. The van der Waals surface area contributed by atoms with Gasteiger partial charge in [0.1, 0.15) is 0 Å². The first-order chi connectivity index (χ1) is 6.74. The van der Waals surface area contributed by atoms with Gasteiger partial charge in [-0.15, -0.1) is 0 Å². The molecule has 78 valence electrons. The molecule has 1 unspecified atom stereocenters. The molecule has 1 atom stereocenters. The number of aromatic amines is 1. The Morgan fingerprint density at radius 3 is 3.07 bits per heavy atom. The third kappa shape index (κ3) is 3.29. The second-order valence-electron chi connectivity index (χ2n) is 2.68. The Kier molecular flexibility index (Phi) is 4.31. The van der Waals surface area contributed by atoms with Crippen LogP contribution in [-0.2, 0) is 10.8 Å². The minimum Gasteiger partial charge on any atom is -0.351 e. The average molecular weight is 215 g/mol. The van der Waals surface area contributed by atoms with Gasteiger partial charge < -0.3 is 5.32 Å². The number of carbonyl (C=O) groups excluding carboxylic acids is 1. The van der Waals surface area contributed by atoms with Crippen molar-refractivity contribution in [2.24, 2.45) is 0 Å². The molecule has 0 saturated heterocycles. The van der Waals surface area contributed by atoms with Crippen LogP contribution in [0.5, 0.6) is 0 Å². The third-order valence-corrected chi connectivity index (χ3v) is 3.00. The third-order valence-electron chi connectivity index (χ3n) is 1.70. The topological polar surface area (TPSA) is 74.8 Å². The lowest BCUT2D eigenvalue weighted by atomic mass is 10.3. The maximum atomic E-state index is 11.3.